The molecule has 0 bridgehead atoms. The van der Waals surface area contributed by atoms with Crippen LogP contribution in [0.5, 0.6) is 0 Å². The van der Waals surface area contributed by atoms with Crippen LogP contribution in [0.2, 0.25) is 0 Å². The molecule has 0 unspecified atom stereocenters. The Morgan fingerprint density at radius 1 is 1.15 bits per heavy atom. The first-order chi connectivity index (χ1) is 12.5. The van der Waals surface area contributed by atoms with Crippen molar-refractivity contribution in [2.45, 2.75) is 0 Å². The van der Waals surface area contributed by atoms with Crippen molar-refractivity contribution in [1.29, 1.82) is 0 Å². The van der Waals surface area contributed by atoms with E-state index < -0.39 is 16.7 Å². The van der Waals surface area contributed by atoms with E-state index in [4.69, 9.17) is 12.2 Å². The Bertz CT molecular complexity index is 927. The highest BCUT2D eigenvalue weighted by Gasteiger charge is 2.33. The summed E-state index contributed by atoms with van der Waals surface area (Å²) in [4.78, 5) is 35.2. The number of hydrazine groups is 1. The predicted octanol–water partition coefficient (Wildman–Crippen LogP) is 3.14. The maximum Gasteiger partial charge on any atom is 0.285 e. The number of rotatable bonds is 4. The summed E-state index contributed by atoms with van der Waals surface area (Å²) in [6, 6.07) is 14.2. The number of non-ortho nitro benzene ring substituents is 1. The Hall–Kier alpha value is -3.04. The molecule has 1 aliphatic heterocycles. The second-order valence-electron chi connectivity index (χ2n) is 5.17. The highest BCUT2D eigenvalue weighted by molar-refractivity contribution is 8.26. The van der Waals surface area contributed by atoms with Crippen LogP contribution in [-0.2, 0) is 4.79 Å². The van der Waals surface area contributed by atoms with Gasteiger partial charge < -0.3 is 0 Å². The molecule has 1 N–H and O–H groups in total. The number of nitrogens with one attached hydrogen (secondary N) is 1. The molecule has 2 aromatic rings. The van der Waals surface area contributed by atoms with Gasteiger partial charge in [0.2, 0.25) is 0 Å². The molecule has 1 saturated heterocycles. The van der Waals surface area contributed by atoms with Gasteiger partial charge in [0.1, 0.15) is 0 Å². The fourth-order valence-corrected chi connectivity index (χ4v) is 3.34. The van der Waals surface area contributed by atoms with Crippen molar-refractivity contribution in [1.82, 2.24) is 10.4 Å². The summed E-state index contributed by atoms with van der Waals surface area (Å²) in [7, 11) is 0. The van der Waals surface area contributed by atoms with Crippen LogP contribution in [0, 0.1) is 10.1 Å². The lowest BCUT2D eigenvalue weighted by atomic mass is 10.2. The standard InChI is InChI=1S/C17H11N3O4S2/c21-15(12-4-2-1-3-5-12)18-19-16(22)14(26-17(19)25)10-11-6-8-13(9-7-11)20(23)24/h1-10H,(H,18,21)/b14-10-. The van der Waals surface area contributed by atoms with Crippen molar-refractivity contribution in [2.24, 2.45) is 0 Å². The molecule has 0 aromatic heterocycles. The third-order valence-electron chi connectivity index (χ3n) is 3.44. The van der Waals surface area contributed by atoms with Crippen LogP contribution in [0.4, 0.5) is 5.69 Å². The molecular formula is C17H11N3O4S2. The highest BCUT2D eigenvalue weighted by Crippen LogP contribution is 2.31. The lowest BCUT2D eigenvalue weighted by molar-refractivity contribution is -0.384. The van der Waals surface area contributed by atoms with Gasteiger partial charge >= 0.3 is 0 Å². The van der Waals surface area contributed by atoms with Crippen LogP contribution in [0.25, 0.3) is 6.08 Å². The third kappa shape index (κ3) is 3.79. The van der Waals surface area contributed by atoms with Crippen molar-refractivity contribution >= 4 is 51.9 Å². The van der Waals surface area contributed by atoms with Gasteiger partial charge in [-0.2, -0.15) is 5.01 Å². The number of thioether (sulfide) groups is 1. The molecule has 1 fully saturated rings. The van der Waals surface area contributed by atoms with Gasteiger partial charge in [-0.1, -0.05) is 30.0 Å². The Morgan fingerprint density at radius 3 is 2.42 bits per heavy atom. The number of nitrogens with zero attached hydrogens (tertiary/aromatic N) is 2. The molecule has 0 radical (unpaired) electrons. The van der Waals surface area contributed by atoms with E-state index in [-0.39, 0.29) is 10.0 Å². The zero-order valence-corrected chi connectivity index (χ0v) is 14.8. The molecule has 1 aliphatic rings. The smallest absolute Gasteiger partial charge is 0.267 e. The first kappa shape index (κ1) is 17.8. The van der Waals surface area contributed by atoms with Gasteiger partial charge in [-0.3, -0.25) is 25.1 Å². The van der Waals surface area contributed by atoms with E-state index in [2.05, 4.69) is 5.43 Å². The van der Waals surface area contributed by atoms with Crippen molar-refractivity contribution in [2.75, 3.05) is 0 Å². The molecule has 1 heterocycles. The van der Waals surface area contributed by atoms with E-state index in [0.717, 1.165) is 16.8 Å². The summed E-state index contributed by atoms with van der Waals surface area (Å²) in [5.41, 5.74) is 3.47. The largest absolute Gasteiger partial charge is 0.285 e. The minimum Gasteiger partial charge on any atom is -0.267 e. The van der Waals surface area contributed by atoms with Gasteiger partial charge in [-0.05, 0) is 48.1 Å². The number of amides is 2. The van der Waals surface area contributed by atoms with Gasteiger partial charge in [0.15, 0.2) is 4.32 Å². The lowest BCUT2D eigenvalue weighted by Crippen LogP contribution is -2.44. The monoisotopic (exact) mass is 385 g/mol. The van der Waals surface area contributed by atoms with Gasteiger partial charge in [0, 0.05) is 17.7 Å². The number of carbonyl (C=O) groups excluding carboxylic acids is 2. The first-order valence-corrected chi connectivity index (χ1v) is 8.56. The zero-order valence-electron chi connectivity index (χ0n) is 13.1. The zero-order chi connectivity index (χ0) is 18.7. The van der Waals surface area contributed by atoms with Crippen molar-refractivity contribution in [3.05, 3.63) is 80.7 Å². The number of thiocarbonyl (C=S) groups is 1. The van der Waals surface area contributed by atoms with E-state index in [0.29, 0.717) is 16.0 Å². The number of hydrogen-bond acceptors (Lipinski definition) is 6. The first-order valence-electron chi connectivity index (χ1n) is 7.34. The fraction of sp³-hybridized carbons (Fsp3) is 0. The molecule has 26 heavy (non-hydrogen) atoms. The Kier molecular flexibility index (Phi) is 5.10. The topological polar surface area (TPSA) is 92.6 Å². The lowest BCUT2D eigenvalue weighted by Gasteiger charge is -2.15. The Balaban J connectivity index is 1.76. The van der Waals surface area contributed by atoms with E-state index in [9.17, 15) is 19.7 Å². The Morgan fingerprint density at radius 2 is 1.81 bits per heavy atom. The molecule has 2 aromatic carbocycles. The van der Waals surface area contributed by atoms with Crippen LogP contribution >= 0.6 is 24.0 Å². The van der Waals surface area contributed by atoms with Crippen LogP contribution in [0.3, 0.4) is 0 Å². The maximum atomic E-state index is 12.5. The Labute approximate surface area is 157 Å². The van der Waals surface area contributed by atoms with E-state index in [1.807, 2.05) is 0 Å². The van der Waals surface area contributed by atoms with Gasteiger partial charge in [0.25, 0.3) is 17.5 Å². The van der Waals surface area contributed by atoms with Crippen LogP contribution in [-0.4, -0.2) is 26.1 Å². The van der Waals surface area contributed by atoms with Crippen molar-refractivity contribution < 1.29 is 14.5 Å². The highest BCUT2D eigenvalue weighted by atomic mass is 32.2. The van der Waals surface area contributed by atoms with Crippen LogP contribution in [0.15, 0.2) is 59.5 Å². The molecule has 9 heteroatoms. The van der Waals surface area contributed by atoms with Gasteiger partial charge in [-0.25, -0.2) is 0 Å². The molecule has 0 spiro atoms. The summed E-state index contributed by atoms with van der Waals surface area (Å²) < 4.78 is 0.201. The third-order valence-corrected chi connectivity index (χ3v) is 4.75. The van der Waals surface area contributed by atoms with Crippen molar-refractivity contribution in [3.8, 4) is 0 Å². The van der Waals surface area contributed by atoms with E-state index in [1.165, 1.54) is 24.3 Å². The molecule has 0 aliphatic carbocycles. The molecule has 0 atom stereocenters. The molecule has 130 valence electrons. The summed E-state index contributed by atoms with van der Waals surface area (Å²) in [5.74, 6) is -0.902. The van der Waals surface area contributed by atoms with Crippen LogP contribution in [0.1, 0.15) is 15.9 Å². The average Bonchev–Trinajstić information content (AvgIpc) is 2.90. The summed E-state index contributed by atoms with van der Waals surface area (Å²) in [6.07, 6.45) is 1.57. The van der Waals surface area contributed by atoms with Crippen LogP contribution < -0.4 is 5.43 Å². The maximum absolute atomic E-state index is 12.5. The predicted molar refractivity (Wildman–Crippen MR) is 102 cm³/mol. The van der Waals surface area contributed by atoms with E-state index >= 15 is 0 Å². The average molecular weight is 385 g/mol. The number of hydrogen-bond donors (Lipinski definition) is 1. The number of carbonyl (C=O) groups is 2. The number of benzene rings is 2. The van der Waals surface area contributed by atoms with Gasteiger partial charge in [-0.15, -0.1) is 0 Å². The second-order valence-corrected chi connectivity index (χ2v) is 6.85. The molecular weight excluding hydrogens is 374 g/mol. The number of nitro groups is 1. The normalized spacial score (nSPS) is 15.4. The summed E-state index contributed by atoms with van der Waals surface area (Å²) in [6.45, 7) is 0. The molecule has 0 saturated carbocycles. The second kappa shape index (κ2) is 7.46. The molecule has 7 nitrogen and oxygen atoms in total. The fourth-order valence-electron chi connectivity index (χ4n) is 2.16. The SMILES string of the molecule is O=C(NN1C(=O)/C(=C/c2ccc([N+](=O)[O-])cc2)SC1=S)c1ccccc1. The number of nitro benzene ring substituents is 1. The summed E-state index contributed by atoms with van der Waals surface area (Å²) in [5, 5.41) is 11.7. The molecule has 3 rings (SSSR count). The minimum atomic E-state index is -0.498. The van der Waals surface area contributed by atoms with Gasteiger partial charge in [0.05, 0.1) is 9.83 Å². The quantitative estimate of drug-likeness (QED) is 0.376. The minimum absolute atomic E-state index is 0.0372. The molecule has 2 amide bonds. The summed E-state index contributed by atoms with van der Waals surface area (Å²) >= 11 is 6.20. The van der Waals surface area contributed by atoms with E-state index in [1.54, 1.807) is 36.4 Å². The van der Waals surface area contributed by atoms with Crippen molar-refractivity contribution in [3.63, 3.8) is 0 Å².